The molecule has 0 aromatic heterocycles. The van der Waals surface area contributed by atoms with Gasteiger partial charge in [-0.25, -0.2) is 4.39 Å². The van der Waals surface area contributed by atoms with Crippen LogP contribution in [0.1, 0.15) is 16.7 Å². The maximum Gasteiger partial charge on any atom is 0.127 e. The second kappa shape index (κ2) is 4.93. The van der Waals surface area contributed by atoms with Crippen molar-refractivity contribution in [1.29, 1.82) is 0 Å². The van der Waals surface area contributed by atoms with Crippen LogP contribution in [0.4, 0.5) is 4.39 Å². The zero-order valence-corrected chi connectivity index (χ0v) is 10.0. The number of aryl methyl sites for hydroxylation is 1. The van der Waals surface area contributed by atoms with Crippen LogP contribution in [0.5, 0.6) is 0 Å². The molecule has 88 valence electrons. The second-order valence-electron chi connectivity index (χ2n) is 4.49. The third-order valence-electron chi connectivity index (χ3n) is 3.40. The number of rotatable bonds is 2. The molecule has 0 bridgehead atoms. The van der Waals surface area contributed by atoms with Gasteiger partial charge in [-0.05, 0) is 31.0 Å². The summed E-state index contributed by atoms with van der Waals surface area (Å²) in [5.74, 6) is -0.0679. The predicted octanol–water partition coefficient (Wildman–Crippen LogP) is 1.85. The first-order chi connectivity index (χ1) is 7.68. The van der Waals surface area contributed by atoms with Crippen LogP contribution in [0, 0.1) is 19.7 Å². The Morgan fingerprint density at radius 3 is 2.62 bits per heavy atom. The number of halogens is 1. The van der Waals surface area contributed by atoms with Gasteiger partial charge in [0.05, 0.1) is 0 Å². The third kappa shape index (κ3) is 2.42. The smallest absolute Gasteiger partial charge is 0.127 e. The highest BCUT2D eigenvalue weighted by atomic mass is 19.1. The van der Waals surface area contributed by atoms with E-state index in [9.17, 15) is 4.39 Å². The molecular formula is C13H19FN2. The van der Waals surface area contributed by atoms with Gasteiger partial charge in [-0.2, -0.15) is 0 Å². The highest BCUT2D eigenvalue weighted by molar-refractivity contribution is 5.34. The largest absolute Gasteiger partial charge is 0.314 e. The Labute approximate surface area is 96.5 Å². The summed E-state index contributed by atoms with van der Waals surface area (Å²) in [5, 5.41) is 3.31. The molecule has 0 atom stereocenters. The number of hydrogen-bond acceptors (Lipinski definition) is 2. The molecule has 1 fully saturated rings. The van der Waals surface area contributed by atoms with Crippen LogP contribution in [-0.2, 0) is 6.54 Å². The van der Waals surface area contributed by atoms with Crippen LogP contribution >= 0.6 is 0 Å². The molecule has 0 radical (unpaired) electrons. The Morgan fingerprint density at radius 2 is 1.94 bits per heavy atom. The molecule has 1 aliphatic heterocycles. The van der Waals surface area contributed by atoms with Crippen LogP contribution in [0.3, 0.4) is 0 Å². The fraction of sp³-hybridized carbons (Fsp3) is 0.538. The Hall–Kier alpha value is -0.930. The summed E-state index contributed by atoms with van der Waals surface area (Å²) in [5.41, 5.74) is 3.13. The van der Waals surface area contributed by atoms with E-state index in [4.69, 9.17) is 0 Å². The van der Waals surface area contributed by atoms with Crippen molar-refractivity contribution in [3.8, 4) is 0 Å². The Balaban J connectivity index is 2.16. The van der Waals surface area contributed by atoms with E-state index in [0.29, 0.717) is 0 Å². The highest BCUT2D eigenvalue weighted by Gasteiger charge is 2.14. The van der Waals surface area contributed by atoms with Crippen molar-refractivity contribution in [3.63, 3.8) is 0 Å². The fourth-order valence-corrected chi connectivity index (χ4v) is 2.13. The average Bonchev–Trinajstić information content (AvgIpc) is 2.31. The Bertz CT molecular complexity index is 370. The first-order valence-electron chi connectivity index (χ1n) is 5.86. The minimum Gasteiger partial charge on any atom is -0.314 e. The molecule has 3 heteroatoms. The lowest BCUT2D eigenvalue weighted by Crippen LogP contribution is -2.43. The van der Waals surface area contributed by atoms with Crippen molar-refractivity contribution in [2.75, 3.05) is 26.2 Å². The summed E-state index contributed by atoms with van der Waals surface area (Å²) >= 11 is 0. The molecule has 1 aliphatic rings. The van der Waals surface area contributed by atoms with Gasteiger partial charge in [-0.1, -0.05) is 6.07 Å². The minimum atomic E-state index is -0.0679. The van der Waals surface area contributed by atoms with Crippen LogP contribution in [0.25, 0.3) is 0 Å². The lowest BCUT2D eigenvalue weighted by Gasteiger charge is -2.28. The zero-order chi connectivity index (χ0) is 11.5. The van der Waals surface area contributed by atoms with E-state index in [1.54, 1.807) is 6.07 Å². The van der Waals surface area contributed by atoms with Crippen molar-refractivity contribution < 1.29 is 4.39 Å². The predicted molar refractivity (Wildman–Crippen MR) is 64.0 cm³/mol. The summed E-state index contributed by atoms with van der Waals surface area (Å²) in [7, 11) is 0. The summed E-state index contributed by atoms with van der Waals surface area (Å²) in [4.78, 5) is 2.31. The molecule has 1 saturated heterocycles. The van der Waals surface area contributed by atoms with Crippen molar-refractivity contribution in [1.82, 2.24) is 10.2 Å². The minimum absolute atomic E-state index is 0.0679. The molecule has 1 heterocycles. The Morgan fingerprint density at radius 1 is 1.25 bits per heavy atom. The van der Waals surface area contributed by atoms with E-state index in [-0.39, 0.29) is 5.82 Å². The van der Waals surface area contributed by atoms with E-state index in [1.165, 1.54) is 5.56 Å². The molecule has 0 amide bonds. The van der Waals surface area contributed by atoms with Gasteiger partial charge in [0, 0.05) is 38.3 Å². The lowest BCUT2D eigenvalue weighted by molar-refractivity contribution is 0.230. The van der Waals surface area contributed by atoms with Gasteiger partial charge in [0.25, 0.3) is 0 Å². The molecule has 2 rings (SSSR count). The van der Waals surface area contributed by atoms with Crippen molar-refractivity contribution in [2.24, 2.45) is 0 Å². The number of piperazine rings is 1. The van der Waals surface area contributed by atoms with Gasteiger partial charge >= 0.3 is 0 Å². The maximum absolute atomic E-state index is 13.7. The van der Waals surface area contributed by atoms with Crippen LogP contribution in [0.15, 0.2) is 12.1 Å². The van der Waals surface area contributed by atoms with Crippen LogP contribution in [0.2, 0.25) is 0 Å². The molecule has 0 spiro atoms. The van der Waals surface area contributed by atoms with E-state index in [1.807, 2.05) is 19.9 Å². The molecule has 0 aliphatic carbocycles. The SMILES string of the molecule is Cc1ccc(F)c(CN2CCNCC2)c1C. The molecule has 2 nitrogen and oxygen atoms in total. The summed E-state index contributed by atoms with van der Waals surface area (Å²) < 4.78 is 13.7. The number of hydrogen-bond donors (Lipinski definition) is 1. The first-order valence-corrected chi connectivity index (χ1v) is 5.86. The molecular weight excluding hydrogens is 203 g/mol. The van der Waals surface area contributed by atoms with E-state index < -0.39 is 0 Å². The van der Waals surface area contributed by atoms with Gasteiger partial charge in [0.2, 0.25) is 0 Å². The molecule has 16 heavy (non-hydrogen) atoms. The average molecular weight is 222 g/mol. The Kier molecular flexibility index (Phi) is 3.56. The topological polar surface area (TPSA) is 15.3 Å². The van der Waals surface area contributed by atoms with Gasteiger partial charge < -0.3 is 5.32 Å². The number of benzene rings is 1. The molecule has 1 N–H and O–H groups in total. The van der Waals surface area contributed by atoms with Gasteiger partial charge in [-0.15, -0.1) is 0 Å². The summed E-state index contributed by atoms with van der Waals surface area (Å²) in [6.07, 6.45) is 0. The molecule has 0 saturated carbocycles. The zero-order valence-electron chi connectivity index (χ0n) is 10.0. The highest BCUT2D eigenvalue weighted by Crippen LogP contribution is 2.19. The van der Waals surface area contributed by atoms with Crippen LogP contribution < -0.4 is 5.32 Å². The quantitative estimate of drug-likeness (QED) is 0.821. The van der Waals surface area contributed by atoms with Crippen molar-refractivity contribution in [3.05, 3.63) is 34.6 Å². The van der Waals surface area contributed by atoms with Crippen LogP contribution in [-0.4, -0.2) is 31.1 Å². The van der Waals surface area contributed by atoms with Crippen molar-refractivity contribution in [2.45, 2.75) is 20.4 Å². The van der Waals surface area contributed by atoms with Gasteiger partial charge in [0.1, 0.15) is 5.82 Å². The number of nitrogens with one attached hydrogen (secondary N) is 1. The van der Waals surface area contributed by atoms with E-state index in [0.717, 1.165) is 43.9 Å². The molecule has 1 aromatic carbocycles. The molecule has 1 aromatic rings. The summed E-state index contributed by atoms with van der Waals surface area (Å²) in [6, 6.07) is 3.44. The van der Waals surface area contributed by atoms with Crippen molar-refractivity contribution >= 4 is 0 Å². The van der Waals surface area contributed by atoms with E-state index in [2.05, 4.69) is 10.2 Å². The van der Waals surface area contributed by atoms with Gasteiger partial charge in [0.15, 0.2) is 0 Å². The standard InChI is InChI=1S/C13H19FN2/c1-10-3-4-13(14)12(11(10)2)9-16-7-5-15-6-8-16/h3-4,15H,5-9H2,1-2H3. The molecule has 0 unspecified atom stereocenters. The normalized spacial score (nSPS) is 17.7. The first kappa shape index (κ1) is 11.6. The monoisotopic (exact) mass is 222 g/mol. The summed E-state index contributed by atoms with van der Waals surface area (Å²) in [6.45, 7) is 8.81. The second-order valence-corrected chi connectivity index (χ2v) is 4.49. The lowest BCUT2D eigenvalue weighted by atomic mass is 10.0. The van der Waals surface area contributed by atoms with E-state index >= 15 is 0 Å². The fourth-order valence-electron chi connectivity index (χ4n) is 2.13. The number of nitrogens with zero attached hydrogens (tertiary/aromatic N) is 1. The maximum atomic E-state index is 13.7. The van der Waals surface area contributed by atoms with Gasteiger partial charge in [-0.3, -0.25) is 4.90 Å². The third-order valence-corrected chi connectivity index (χ3v) is 3.40.